The van der Waals surface area contributed by atoms with E-state index in [1.807, 2.05) is 0 Å². The lowest BCUT2D eigenvalue weighted by Gasteiger charge is -1.99. The van der Waals surface area contributed by atoms with Crippen LogP contribution in [0.4, 0.5) is 0 Å². The van der Waals surface area contributed by atoms with Crippen molar-refractivity contribution in [3.8, 4) is 0 Å². The van der Waals surface area contributed by atoms with Gasteiger partial charge in [0.2, 0.25) is 0 Å². The Morgan fingerprint density at radius 2 is 0.844 bits per heavy atom. The van der Waals surface area contributed by atoms with E-state index in [-0.39, 0.29) is 18.1 Å². The van der Waals surface area contributed by atoms with Crippen LogP contribution in [0.3, 0.4) is 0 Å². The first-order valence-corrected chi connectivity index (χ1v) is 10.9. The van der Waals surface area contributed by atoms with E-state index in [1.54, 1.807) is 0 Å². The summed E-state index contributed by atoms with van der Waals surface area (Å²) in [6, 6.07) is -2.19. The predicted molar refractivity (Wildman–Crippen MR) is 115 cm³/mol. The molecule has 0 saturated carbocycles. The third-order valence-corrected chi connectivity index (χ3v) is 5.28. The SMILES string of the molecule is O=C(O)C1CCC[15NH]1.O=C(O)C1C[13CH2]CN1.O=[13C](O)C1CCCN1.[2H]C1(C(=O)O)CCCN1. The first-order chi connectivity index (χ1) is 15.6. The molecule has 0 aromatic carbocycles. The molecule has 4 aliphatic rings. The zero-order chi connectivity index (χ0) is 24.9. The van der Waals surface area contributed by atoms with Crippen LogP contribution in [0.25, 0.3) is 0 Å². The number of rotatable bonds is 4. The van der Waals surface area contributed by atoms with Crippen LogP contribution in [0.5, 0.6) is 0 Å². The van der Waals surface area contributed by atoms with Crippen LogP contribution in [-0.2, 0) is 19.2 Å². The van der Waals surface area contributed by atoms with Gasteiger partial charge < -0.3 is 41.7 Å². The molecule has 4 aliphatic heterocycles. The highest BCUT2D eigenvalue weighted by atomic mass is 16.5. The van der Waals surface area contributed by atoms with E-state index in [9.17, 15) is 19.2 Å². The van der Waals surface area contributed by atoms with E-state index >= 15 is 0 Å². The Labute approximate surface area is 188 Å². The predicted octanol–water partition coefficient (Wildman–Crippen LogP) is -0.708. The molecule has 0 spiro atoms. The minimum atomic E-state index is -1.39. The Hall–Kier alpha value is -2.28. The van der Waals surface area contributed by atoms with E-state index in [2.05, 4.69) is 21.3 Å². The molecule has 4 heterocycles. The average molecular weight is 465 g/mol. The van der Waals surface area contributed by atoms with Crippen molar-refractivity contribution in [1.82, 2.24) is 21.3 Å². The summed E-state index contributed by atoms with van der Waals surface area (Å²) in [6.45, 7) is 3.22. The maximum atomic E-state index is 10.3. The number of carbonyl (C=O) groups is 4. The summed E-state index contributed by atoms with van der Waals surface area (Å²) in [5, 5.41) is 44.6. The molecule has 12 heteroatoms. The molecule has 4 saturated heterocycles. The molecule has 4 unspecified atom stereocenters. The standard InChI is InChI=1S/4C5H9NO2/c4*7-5(8)4-2-1-3-6-4/h4*4,6H,1-3H2,(H,7,8)/i6+1;5+1;4D;1+1. The minimum absolute atomic E-state index is 0.269. The van der Waals surface area contributed by atoms with Crippen molar-refractivity contribution < 1.29 is 41.0 Å². The van der Waals surface area contributed by atoms with Crippen molar-refractivity contribution in [3.63, 3.8) is 0 Å². The number of carboxylic acids is 4. The molecule has 0 aliphatic carbocycles. The zero-order valence-corrected chi connectivity index (χ0v) is 18.1. The molecule has 8 N–H and O–H groups in total. The van der Waals surface area contributed by atoms with Gasteiger partial charge in [-0.25, -0.2) is 0 Å². The normalized spacial score (nSPS) is 31.0. The molecule has 4 fully saturated rings. The van der Waals surface area contributed by atoms with Gasteiger partial charge in [-0.15, -0.1) is 0 Å². The smallest absolute Gasteiger partial charge is 0.320 e. The van der Waals surface area contributed by atoms with E-state index in [0.29, 0.717) is 13.0 Å². The number of hydrogen-bond acceptors (Lipinski definition) is 8. The zero-order valence-electron chi connectivity index (χ0n) is 19.1. The van der Waals surface area contributed by atoms with Gasteiger partial charge in [-0.3, -0.25) is 19.2 Å². The van der Waals surface area contributed by atoms with Crippen LogP contribution in [0.2, 0.25) is 0 Å². The topological polar surface area (TPSA) is 197 Å². The summed E-state index contributed by atoms with van der Waals surface area (Å²) in [6.07, 6.45) is 6.56. The second-order valence-electron chi connectivity index (χ2n) is 7.78. The molecule has 0 aromatic heterocycles. The summed E-state index contributed by atoms with van der Waals surface area (Å²) in [5.41, 5.74) is 0. The van der Waals surface area contributed by atoms with Crippen LogP contribution in [-0.4, -0.2) is 94.6 Å². The number of carboxylic acid groups (broad SMARTS) is 4. The summed E-state index contributed by atoms with van der Waals surface area (Å²) in [7, 11) is 0. The van der Waals surface area contributed by atoms with Crippen LogP contribution in [0.1, 0.15) is 52.7 Å². The molecular formula is C20H36N4O8. The average Bonchev–Trinajstić information content (AvgIpc) is 3.58. The molecule has 184 valence electrons. The molecule has 4 rings (SSSR count). The van der Waals surface area contributed by atoms with Crippen LogP contribution in [0, 0.1) is 0 Å². The molecule has 0 aromatic rings. The van der Waals surface area contributed by atoms with Crippen molar-refractivity contribution in [2.75, 3.05) is 26.2 Å². The van der Waals surface area contributed by atoms with Gasteiger partial charge in [-0.05, 0) is 77.5 Å². The van der Waals surface area contributed by atoms with Gasteiger partial charge in [0, 0.05) is 0 Å². The molecule has 0 bridgehead atoms. The van der Waals surface area contributed by atoms with Crippen molar-refractivity contribution in [2.45, 2.75) is 75.5 Å². The van der Waals surface area contributed by atoms with E-state index < -0.39 is 29.9 Å². The van der Waals surface area contributed by atoms with E-state index in [1.165, 1.54) is 0 Å². The Balaban J connectivity index is 0.000000220. The van der Waals surface area contributed by atoms with Crippen molar-refractivity contribution >= 4 is 23.9 Å². The molecule has 0 radical (unpaired) electrons. The highest BCUT2D eigenvalue weighted by Gasteiger charge is 2.22. The molecular weight excluding hydrogens is 427 g/mol. The van der Waals surface area contributed by atoms with Crippen molar-refractivity contribution in [3.05, 3.63) is 0 Å². The quantitative estimate of drug-likeness (QED) is 0.192. The lowest BCUT2D eigenvalue weighted by molar-refractivity contribution is -0.140. The Morgan fingerprint density at radius 3 is 0.969 bits per heavy atom. The first-order valence-electron chi connectivity index (χ1n) is 11.4. The second kappa shape index (κ2) is 15.5. The van der Waals surface area contributed by atoms with Crippen molar-refractivity contribution in [2.24, 2.45) is 0 Å². The molecule has 4 atom stereocenters. The van der Waals surface area contributed by atoms with E-state index in [4.69, 9.17) is 21.8 Å². The highest BCUT2D eigenvalue weighted by molar-refractivity contribution is 5.74. The maximum absolute atomic E-state index is 10.3. The van der Waals surface area contributed by atoms with Gasteiger partial charge in [0.05, 0.1) is 1.37 Å². The molecule has 32 heavy (non-hydrogen) atoms. The molecule has 12 nitrogen and oxygen atoms in total. The molecule has 0 amide bonds. The van der Waals surface area contributed by atoms with Gasteiger partial charge in [-0.2, -0.15) is 0 Å². The Kier molecular flexibility index (Phi) is 12.6. The summed E-state index contributed by atoms with van der Waals surface area (Å²) < 4.78 is 7.22. The second-order valence-corrected chi connectivity index (χ2v) is 7.78. The van der Waals surface area contributed by atoms with Gasteiger partial charge in [0.15, 0.2) is 0 Å². The minimum Gasteiger partial charge on any atom is -0.480 e. The van der Waals surface area contributed by atoms with Gasteiger partial charge in [-0.1, -0.05) is 0 Å². The maximum Gasteiger partial charge on any atom is 0.320 e. The summed E-state index contributed by atoms with van der Waals surface area (Å²) >= 11 is 0. The van der Waals surface area contributed by atoms with Crippen LogP contribution >= 0.6 is 0 Å². The third kappa shape index (κ3) is 11.4. The lowest BCUT2D eigenvalue weighted by Crippen LogP contribution is -2.29. The fourth-order valence-corrected chi connectivity index (χ4v) is 3.46. The van der Waals surface area contributed by atoms with Gasteiger partial charge >= 0.3 is 23.9 Å². The van der Waals surface area contributed by atoms with Crippen LogP contribution in [0.15, 0.2) is 0 Å². The summed E-state index contributed by atoms with van der Waals surface area (Å²) in [4.78, 5) is 40.7. The Morgan fingerprint density at radius 1 is 0.531 bits per heavy atom. The third-order valence-electron chi connectivity index (χ3n) is 5.28. The fourth-order valence-electron chi connectivity index (χ4n) is 3.46. The highest BCUT2D eigenvalue weighted by Crippen LogP contribution is 2.05. The number of nitrogens with one attached hydrogen (secondary N) is 4. The van der Waals surface area contributed by atoms with Gasteiger partial charge in [0.1, 0.15) is 24.1 Å². The first kappa shape index (κ1) is 26.0. The van der Waals surface area contributed by atoms with Crippen LogP contribution < -0.4 is 21.3 Å². The van der Waals surface area contributed by atoms with Crippen molar-refractivity contribution in [1.29, 1.82) is 0 Å². The Bertz CT molecular complexity index is 580. The monoisotopic (exact) mass is 464 g/mol. The van der Waals surface area contributed by atoms with E-state index in [0.717, 1.165) is 64.6 Å². The largest absolute Gasteiger partial charge is 0.480 e. The van der Waals surface area contributed by atoms with Gasteiger partial charge in [0.25, 0.3) is 0 Å². The fraction of sp³-hybridized carbons (Fsp3) is 0.800. The number of hydrogen-bond donors (Lipinski definition) is 8. The number of aliphatic carboxylic acids is 4. The lowest BCUT2D eigenvalue weighted by atomic mass is 10.2. The summed E-state index contributed by atoms with van der Waals surface area (Å²) in [5.74, 6) is -3.23.